The Kier molecular flexibility index (Phi) is 2.08. The fraction of sp³-hybridized carbons (Fsp3) is 0.400. The van der Waals surface area contributed by atoms with Gasteiger partial charge in [0.25, 0.3) is 0 Å². The first-order valence-electron chi connectivity index (χ1n) is 4.35. The minimum absolute atomic E-state index is 0.306. The summed E-state index contributed by atoms with van der Waals surface area (Å²) in [4.78, 5) is 14.9. The van der Waals surface area contributed by atoms with Crippen LogP contribution in [0.4, 0.5) is 0 Å². The third-order valence-electron chi connectivity index (χ3n) is 2.78. The number of hydrogen-bond donors (Lipinski definition) is 0. The van der Waals surface area contributed by atoms with Crippen molar-refractivity contribution in [1.82, 2.24) is 4.98 Å². The number of nitrogens with zero attached hydrogens (tertiary/aromatic N) is 1. The van der Waals surface area contributed by atoms with Crippen LogP contribution in [0.2, 0.25) is 5.02 Å². The Balaban J connectivity index is 2.44. The van der Waals surface area contributed by atoms with Crippen LogP contribution in [0.1, 0.15) is 24.8 Å². The van der Waals surface area contributed by atoms with Crippen molar-refractivity contribution in [2.45, 2.75) is 24.7 Å². The molecule has 1 aliphatic rings. The van der Waals surface area contributed by atoms with E-state index in [-0.39, 0.29) is 5.41 Å². The number of pyridine rings is 1. The van der Waals surface area contributed by atoms with Crippen molar-refractivity contribution in [3.8, 4) is 0 Å². The average molecular weight is 196 g/mol. The van der Waals surface area contributed by atoms with Crippen molar-refractivity contribution in [1.29, 1.82) is 0 Å². The zero-order chi connectivity index (χ0) is 9.31. The van der Waals surface area contributed by atoms with Gasteiger partial charge in [-0.25, -0.2) is 0 Å². The first-order valence-corrected chi connectivity index (χ1v) is 4.73. The van der Waals surface area contributed by atoms with Gasteiger partial charge >= 0.3 is 0 Å². The van der Waals surface area contributed by atoms with Crippen LogP contribution in [-0.2, 0) is 10.2 Å². The van der Waals surface area contributed by atoms with Crippen molar-refractivity contribution >= 4 is 17.9 Å². The zero-order valence-electron chi connectivity index (χ0n) is 7.16. The molecule has 13 heavy (non-hydrogen) atoms. The van der Waals surface area contributed by atoms with Crippen LogP contribution in [0, 0.1) is 0 Å². The summed E-state index contributed by atoms with van der Waals surface area (Å²) in [6, 6.07) is 1.84. The normalized spacial score (nSPS) is 19.2. The van der Waals surface area contributed by atoms with Crippen molar-refractivity contribution in [2.75, 3.05) is 0 Å². The number of aromatic nitrogens is 1. The summed E-state index contributed by atoms with van der Waals surface area (Å²) in [5.74, 6) is 0. The number of rotatable bonds is 2. The summed E-state index contributed by atoms with van der Waals surface area (Å²) in [7, 11) is 0. The van der Waals surface area contributed by atoms with Gasteiger partial charge in [-0.3, -0.25) is 4.98 Å². The predicted molar refractivity (Wildman–Crippen MR) is 50.8 cm³/mol. The van der Waals surface area contributed by atoms with E-state index in [0.717, 1.165) is 31.1 Å². The van der Waals surface area contributed by atoms with Gasteiger partial charge in [-0.2, -0.15) is 0 Å². The molecule has 0 N–H and O–H groups in total. The molecular formula is C10H10ClNO. The maximum Gasteiger partial charge on any atom is 0.130 e. The molecule has 1 aromatic heterocycles. The Bertz CT molecular complexity index is 333. The lowest BCUT2D eigenvalue weighted by atomic mass is 9.66. The number of halogens is 1. The van der Waals surface area contributed by atoms with Gasteiger partial charge in [0.1, 0.15) is 6.29 Å². The van der Waals surface area contributed by atoms with Crippen molar-refractivity contribution in [2.24, 2.45) is 0 Å². The van der Waals surface area contributed by atoms with Crippen LogP contribution in [0.5, 0.6) is 0 Å². The molecule has 0 spiro atoms. The van der Waals surface area contributed by atoms with Crippen LogP contribution < -0.4 is 0 Å². The Labute approximate surface area is 81.9 Å². The molecule has 3 heteroatoms. The van der Waals surface area contributed by atoms with E-state index in [1.54, 1.807) is 12.4 Å². The Morgan fingerprint density at radius 3 is 2.77 bits per heavy atom. The molecule has 1 saturated carbocycles. The number of carbonyl (C=O) groups excluding carboxylic acids is 1. The molecule has 68 valence electrons. The van der Waals surface area contributed by atoms with Gasteiger partial charge < -0.3 is 4.79 Å². The fourth-order valence-electron chi connectivity index (χ4n) is 1.79. The smallest absolute Gasteiger partial charge is 0.130 e. The molecule has 0 bridgehead atoms. The number of aldehydes is 1. The van der Waals surface area contributed by atoms with Crippen molar-refractivity contribution in [3.05, 3.63) is 29.0 Å². The maximum absolute atomic E-state index is 11.0. The predicted octanol–water partition coefficient (Wildman–Crippen LogP) is 2.36. The second kappa shape index (κ2) is 3.11. The molecule has 0 unspecified atom stereocenters. The second-order valence-corrected chi connectivity index (χ2v) is 3.89. The maximum atomic E-state index is 11.0. The second-order valence-electron chi connectivity index (χ2n) is 3.48. The molecular weight excluding hydrogens is 186 g/mol. The van der Waals surface area contributed by atoms with Gasteiger partial charge in [0.2, 0.25) is 0 Å². The quantitative estimate of drug-likeness (QED) is 0.679. The van der Waals surface area contributed by atoms with Crippen LogP contribution in [0.15, 0.2) is 18.5 Å². The highest BCUT2D eigenvalue weighted by Crippen LogP contribution is 2.44. The summed E-state index contributed by atoms with van der Waals surface area (Å²) >= 11 is 5.98. The Morgan fingerprint density at radius 2 is 2.31 bits per heavy atom. The third kappa shape index (κ3) is 1.25. The monoisotopic (exact) mass is 195 g/mol. The van der Waals surface area contributed by atoms with E-state index in [1.807, 2.05) is 6.07 Å². The molecule has 0 aliphatic heterocycles. The largest absolute Gasteiger partial charge is 0.302 e. The molecule has 0 radical (unpaired) electrons. The minimum atomic E-state index is -0.306. The molecule has 0 saturated heterocycles. The highest BCUT2D eigenvalue weighted by molar-refractivity contribution is 6.31. The Hall–Kier alpha value is -0.890. The lowest BCUT2D eigenvalue weighted by Crippen LogP contribution is -2.36. The molecule has 1 fully saturated rings. The number of hydrogen-bond acceptors (Lipinski definition) is 2. The summed E-state index contributed by atoms with van der Waals surface area (Å²) in [5, 5.41) is 0.606. The van der Waals surface area contributed by atoms with E-state index in [9.17, 15) is 4.79 Å². The first kappa shape index (κ1) is 8.70. The summed E-state index contributed by atoms with van der Waals surface area (Å²) in [6.45, 7) is 0. The van der Waals surface area contributed by atoms with Crippen LogP contribution in [0.3, 0.4) is 0 Å². The summed E-state index contributed by atoms with van der Waals surface area (Å²) < 4.78 is 0. The van der Waals surface area contributed by atoms with Crippen molar-refractivity contribution in [3.63, 3.8) is 0 Å². The van der Waals surface area contributed by atoms with E-state index in [2.05, 4.69) is 4.98 Å². The SMILES string of the molecule is O=CC1(c2ccncc2Cl)CCC1. The summed E-state index contributed by atoms with van der Waals surface area (Å²) in [5.41, 5.74) is 0.630. The molecule has 0 aromatic carbocycles. The van der Waals surface area contributed by atoms with Gasteiger partial charge in [0.15, 0.2) is 0 Å². The molecule has 1 heterocycles. The lowest BCUT2D eigenvalue weighted by Gasteiger charge is -2.37. The van der Waals surface area contributed by atoms with Crippen LogP contribution >= 0.6 is 11.6 Å². The lowest BCUT2D eigenvalue weighted by molar-refractivity contribution is -0.115. The molecule has 1 aliphatic carbocycles. The molecule has 2 rings (SSSR count). The van der Waals surface area contributed by atoms with Crippen molar-refractivity contribution < 1.29 is 4.79 Å². The van der Waals surface area contributed by atoms with Crippen LogP contribution in [-0.4, -0.2) is 11.3 Å². The average Bonchev–Trinajstić information content (AvgIpc) is 2.07. The Morgan fingerprint density at radius 1 is 1.54 bits per heavy atom. The fourth-order valence-corrected chi connectivity index (χ4v) is 2.09. The number of carbonyl (C=O) groups is 1. The van der Waals surface area contributed by atoms with E-state index in [1.165, 1.54) is 0 Å². The van der Waals surface area contributed by atoms with E-state index in [4.69, 9.17) is 11.6 Å². The molecule has 0 amide bonds. The molecule has 1 aromatic rings. The summed E-state index contributed by atoms with van der Waals surface area (Å²) in [6.07, 6.45) is 7.25. The van der Waals surface area contributed by atoms with E-state index in [0.29, 0.717) is 5.02 Å². The van der Waals surface area contributed by atoms with Gasteiger partial charge in [-0.1, -0.05) is 18.0 Å². The van der Waals surface area contributed by atoms with Gasteiger partial charge in [0, 0.05) is 12.4 Å². The minimum Gasteiger partial charge on any atom is -0.302 e. The van der Waals surface area contributed by atoms with E-state index < -0.39 is 0 Å². The first-order chi connectivity index (χ1) is 6.28. The van der Waals surface area contributed by atoms with Crippen LogP contribution in [0.25, 0.3) is 0 Å². The van der Waals surface area contributed by atoms with Gasteiger partial charge in [-0.05, 0) is 24.5 Å². The van der Waals surface area contributed by atoms with Gasteiger partial charge in [0.05, 0.1) is 10.4 Å². The third-order valence-corrected chi connectivity index (χ3v) is 3.08. The van der Waals surface area contributed by atoms with E-state index >= 15 is 0 Å². The molecule has 2 nitrogen and oxygen atoms in total. The standard InChI is InChI=1S/C10H10ClNO/c11-9-6-12-5-2-8(9)10(7-13)3-1-4-10/h2,5-7H,1,3-4H2. The highest BCUT2D eigenvalue weighted by atomic mass is 35.5. The molecule has 0 atom stereocenters. The van der Waals surface area contributed by atoms with Gasteiger partial charge in [-0.15, -0.1) is 0 Å². The highest BCUT2D eigenvalue weighted by Gasteiger charge is 2.39. The topological polar surface area (TPSA) is 30.0 Å². The zero-order valence-corrected chi connectivity index (χ0v) is 7.92.